The van der Waals surface area contributed by atoms with Crippen molar-refractivity contribution >= 4 is 30.1 Å². The van der Waals surface area contributed by atoms with Gasteiger partial charge in [0.15, 0.2) is 0 Å². The molecule has 14 heavy (non-hydrogen) atoms. The number of halogens is 1. The summed E-state index contributed by atoms with van der Waals surface area (Å²) in [6.07, 6.45) is 2.46. The highest BCUT2D eigenvalue weighted by Gasteiger charge is 2.44. The predicted octanol–water partition coefficient (Wildman–Crippen LogP) is 1.99. The van der Waals surface area contributed by atoms with Crippen molar-refractivity contribution in [3.05, 3.63) is 0 Å². The van der Waals surface area contributed by atoms with E-state index in [2.05, 4.69) is 0 Å². The van der Waals surface area contributed by atoms with Crippen molar-refractivity contribution in [2.45, 2.75) is 32.7 Å². The van der Waals surface area contributed by atoms with E-state index in [9.17, 15) is 4.79 Å². The van der Waals surface area contributed by atoms with Crippen LogP contribution in [0.15, 0.2) is 0 Å². The largest absolute Gasteiger partial charge is 0.480 e. The average Bonchev–Trinajstić information content (AvgIpc) is 1.97. The van der Waals surface area contributed by atoms with Gasteiger partial charge in [0.05, 0.1) is 0 Å². The Bertz CT molecular complexity index is 194. The molecule has 0 amide bonds. The van der Waals surface area contributed by atoms with E-state index < -0.39 is 16.9 Å². The summed E-state index contributed by atoms with van der Waals surface area (Å²) in [5, 5.41) is 9.06. The Hall–Kier alpha value is 0.0700. The van der Waals surface area contributed by atoms with Gasteiger partial charge in [0.2, 0.25) is 0 Å². The van der Waals surface area contributed by atoms with E-state index in [0.29, 0.717) is 6.42 Å². The molecular weight excluding hydrogens is 222 g/mol. The molecule has 0 aromatic rings. The summed E-state index contributed by atoms with van der Waals surface area (Å²) in [6, 6.07) is 0. The number of hydrogen-bond acceptors (Lipinski definition) is 3. The molecule has 0 aliphatic heterocycles. The molecule has 5 heteroatoms. The van der Waals surface area contributed by atoms with E-state index in [0.717, 1.165) is 5.75 Å². The first-order chi connectivity index (χ1) is 5.75. The molecule has 0 spiro atoms. The van der Waals surface area contributed by atoms with Crippen LogP contribution in [0.5, 0.6) is 0 Å². The normalized spacial score (nSPS) is 15.5. The summed E-state index contributed by atoms with van der Waals surface area (Å²) >= 11 is 1.62. The summed E-state index contributed by atoms with van der Waals surface area (Å²) < 4.78 is 0. The Morgan fingerprint density at radius 2 is 1.86 bits per heavy atom. The third kappa shape index (κ3) is 3.67. The molecule has 0 radical (unpaired) electrons. The van der Waals surface area contributed by atoms with Gasteiger partial charge in [-0.15, -0.1) is 12.4 Å². The van der Waals surface area contributed by atoms with Crippen molar-refractivity contribution in [1.82, 2.24) is 0 Å². The molecule has 0 aromatic heterocycles. The molecule has 86 valence electrons. The van der Waals surface area contributed by atoms with Crippen LogP contribution in [-0.2, 0) is 4.79 Å². The van der Waals surface area contributed by atoms with Gasteiger partial charge >= 0.3 is 5.97 Å². The maximum atomic E-state index is 11.0. The van der Waals surface area contributed by atoms with E-state index >= 15 is 0 Å². The van der Waals surface area contributed by atoms with Gasteiger partial charge in [-0.1, -0.05) is 20.8 Å². The van der Waals surface area contributed by atoms with Crippen LogP contribution in [-0.4, -0.2) is 28.6 Å². The van der Waals surface area contributed by atoms with Crippen molar-refractivity contribution in [2.24, 2.45) is 11.1 Å². The zero-order chi connectivity index (χ0) is 10.7. The van der Waals surface area contributed by atoms with E-state index in [1.807, 2.05) is 27.0 Å². The lowest BCUT2D eigenvalue weighted by atomic mass is 9.72. The quantitative estimate of drug-likeness (QED) is 0.790. The van der Waals surface area contributed by atoms with E-state index in [1.165, 1.54) is 0 Å². The van der Waals surface area contributed by atoms with Gasteiger partial charge in [-0.2, -0.15) is 11.8 Å². The van der Waals surface area contributed by atoms with Crippen LogP contribution in [0.3, 0.4) is 0 Å². The Morgan fingerprint density at radius 3 is 2.07 bits per heavy atom. The van der Waals surface area contributed by atoms with Gasteiger partial charge in [-0.05, 0) is 23.8 Å². The lowest BCUT2D eigenvalue weighted by Crippen LogP contribution is -2.58. The first kappa shape index (κ1) is 16.5. The number of carboxylic acids is 1. The van der Waals surface area contributed by atoms with Crippen molar-refractivity contribution in [3.8, 4) is 0 Å². The summed E-state index contributed by atoms with van der Waals surface area (Å²) in [4.78, 5) is 11.0. The van der Waals surface area contributed by atoms with Gasteiger partial charge in [0.1, 0.15) is 5.54 Å². The van der Waals surface area contributed by atoms with Gasteiger partial charge in [0, 0.05) is 0 Å². The van der Waals surface area contributed by atoms with Crippen molar-refractivity contribution in [1.29, 1.82) is 0 Å². The lowest BCUT2D eigenvalue weighted by molar-refractivity contribution is -0.147. The molecule has 0 heterocycles. The Balaban J connectivity index is 0. The minimum absolute atomic E-state index is 0. The molecule has 3 nitrogen and oxygen atoms in total. The number of aliphatic carboxylic acids is 1. The molecule has 0 bridgehead atoms. The van der Waals surface area contributed by atoms with Crippen molar-refractivity contribution < 1.29 is 9.90 Å². The minimum Gasteiger partial charge on any atom is -0.480 e. The standard InChI is InChI=1S/C9H19NO2S.ClH/c1-8(2,3)9(10,7(11)12)5-6-13-4;/h5-6,10H2,1-4H3,(H,11,12);1H. The number of thioether (sulfide) groups is 1. The number of carboxylic acid groups (broad SMARTS) is 1. The number of carbonyl (C=O) groups is 1. The maximum absolute atomic E-state index is 11.0. The number of rotatable bonds is 4. The average molecular weight is 242 g/mol. The summed E-state index contributed by atoms with van der Waals surface area (Å²) in [7, 11) is 0. The lowest BCUT2D eigenvalue weighted by Gasteiger charge is -2.37. The first-order valence-corrected chi connectivity index (χ1v) is 5.66. The smallest absolute Gasteiger partial charge is 0.324 e. The summed E-state index contributed by atoms with van der Waals surface area (Å²) in [5.41, 5.74) is 4.37. The molecule has 0 aromatic carbocycles. The summed E-state index contributed by atoms with van der Waals surface area (Å²) in [5.74, 6) is -0.130. The van der Waals surface area contributed by atoms with Crippen LogP contribution in [0.2, 0.25) is 0 Å². The Morgan fingerprint density at radius 1 is 1.43 bits per heavy atom. The van der Waals surface area contributed by atoms with Gasteiger partial charge in [-0.25, -0.2) is 0 Å². The molecular formula is C9H20ClNO2S. The SMILES string of the molecule is CSCCC(N)(C(=O)O)C(C)(C)C.Cl. The van der Waals surface area contributed by atoms with Gasteiger partial charge in [-0.3, -0.25) is 4.79 Å². The zero-order valence-corrected chi connectivity index (χ0v) is 10.8. The topological polar surface area (TPSA) is 63.3 Å². The molecule has 0 aliphatic rings. The fourth-order valence-electron chi connectivity index (χ4n) is 1.07. The van der Waals surface area contributed by atoms with Crippen LogP contribution in [0.4, 0.5) is 0 Å². The molecule has 0 aliphatic carbocycles. The molecule has 1 unspecified atom stereocenters. The van der Waals surface area contributed by atoms with Gasteiger partial charge in [0.25, 0.3) is 0 Å². The molecule has 0 fully saturated rings. The second-order valence-electron chi connectivity index (χ2n) is 4.27. The molecule has 0 rings (SSSR count). The highest BCUT2D eigenvalue weighted by molar-refractivity contribution is 7.98. The molecule has 0 saturated carbocycles. The van der Waals surface area contributed by atoms with Crippen molar-refractivity contribution in [3.63, 3.8) is 0 Å². The highest BCUT2D eigenvalue weighted by atomic mass is 35.5. The number of nitrogens with two attached hydrogens (primary N) is 1. The Kier molecular flexibility index (Phi) is 6.87. The monoisotopic (exact) mass is 241 g/mol. The second kappa shape index (κ2) is 5.83. The van der Waals surface area contributed by atoms with E-state index in [-0.39, 0.29) is 12.4 Å². The fraction of sp³-hybridized carbons (Fsp3) is 0.889. The fourth-order valence-corrected chi connectivity index (χ4v) is 1.59. The summed E-state index contributed by atoms with van der Waals surface area (Å²) in [6.45, 7) is 5.59. The van der Waals surface area contributed by atoms with Crippen molar-refractivity contribution in [2.75, 3.05) is 12.0 Å². The van der Waals surface area contributed by atoms with Crippen LogP contribution >= 0.6 is 24.2 Å². The molecule has 1 atom stereocenters. The van der Waals surface area contributed by atoms with E-state index in [1.54, 1.807) is 11.8 Å². The predicted molar refractivity (Wildman–Crippen MR) is 64.3 cm³/mol. The second-order valence-corrected chi connectivity index (χ2v) is 5.25. The minimum atomic E-state index is -1.12. The molecule has 3 N–H and O–H groups in total. The molecule has 0 saturated heterocycles. The van der Waals surface area contributed by atoms with Crippen LogP contribution in [0, 0.1) is 5.41 Å². The first-order valence-electron chi connectivity index (χ1n) is 4.27. The maximum Gasteiger partial charge on any atom is 0.324 e. The highest BCUT2D eigenvalue weighted by Crippen LogP contribution is 2.32. The van der Waals surface area contributed by atoms with Gasteiger partial charge < -0.3 is 10.8 Å². The third-order valence-corrected chi connectivity index (χ3v) is 3.03. The third-order valence-electron chi connectivity index (χ3n) is 2.42. The van der Waals surface area contributed by atoms with Crippen LogP contribution < -0.4 is 5.73 Å². The van der Waals surface area contributed by atoms with Crippen LogP contribution in [0.1, 0.15) is 27.2 Å². The zero-order valence-electron chi connectivity index (χ0n) is 9.16. The van der Waals surface area contributed by atoms with E-state index in [4.69, 9.17) is 10.8 Å². The van der Waals surface area contributed by atoms with Crippen LogP contribution in [0.25, 0.3) is 0 Å². The Labute approximate surface area is 96.2 Å². The number of hydrogen-bond donors (Lipinski definition) is 2.